The smallest absolute Gasteiger partial charge is 0.109 e. The lowest BCUT2D eigenvalue weighted by Gasteiger charge is -2.05. The fourth-order valence-corrected chi connectivity index (χ4v) is 1.49. The SMILES string of the molecule is COCCCCCCNCCOCCOI. The van der Waals surface area contributed by atoms with Gasteiger partial charge in [-0.25, -0.2) is 0 Å². The van der Waals surface area contributed by atoms with E-state index in [4.69, 9.17) is 12.5 Å². The zero-order chi connectivity index (χ0) is 11.9. The van der Waals surface area contributed by atoms with E-state index in [1.54, 1.807) is 7.11 Å². The summed E-state index contributed by atoms with van der Waals surface area (Å²) in [5.41, 5.74) is 0. The third-order valence-corrected chi connectivity index (χ3v) is 2.62. The minimum absolute atomic E-state index is 0.667. The number of hydrogen-bond acceptors (Lipinski definition) is 4. The maximum Gasteiger partial charge on any atom is 0.109 e. The van der Waals surface area contributed by atoms with E-state index in [1.165, 1.54) is 25.7 Å². The van der Waals surface area contributed by atoms with Crippen LogP contribution in [-0.4, -0.2) is 46.6 Å². The highest BCUT2D eigenvalue weighted by Crippen LogP contribution is 1.98. The molecule has 1 N–H and O–H groups in total. The molecule has 5 heteroatoms. The second-order valence-corrected chi connectivity index (χ2v) is 4.21. The van der Waals surface area contributed by atoms with E-state index in [2.05, 4.69) is 5.32 Å². The van der Waals surface area contributed by atoms with Gasteiger partial charge in [-0.2, -0.15) is 0 Å². The molecule has 4 nitrogen and oxygen atoms in total. The predicted octanol–water partition coefficient (Wildman–Crippen LogP) is 2.17. The molecule has 0 saturated heterocycles. The second-order valence-electron chi connectivity index (χ2n) is 3.58. The zero-order valence-electron chi connectivity index (χ0n) is 10.2. The van der Waals surface area contributed by atoms with Crippen LogP contribution in [0, 0.1) is 0 Å². The first-order valence-corrected chi connectivity index (χ1v) is 6.81. The molecule has 0 aliphatic rings. The van der Waals surface area contributed by atoms with Crippen molar-refractivity contribution in [1.29, 1.82) is 0 Å². The zero-order valence-corrected chi connectivity index (χ0v) is 12.3. The molecule has 0 atom stereocenters. The molecule has 0 amide bonds. The van der Waals surface area contributed by atoms with Gasteiger partial charge in [0, 0.05) is 20.3 Å². The molecular weight excluding hydrogens is 321 g/mol. The molecule has 0 spiro atoms. The highest BCUT2D eigenvalue weighted by Gasteiger charge is 1.91. The molecular formula is C11H24INO3. The van der Waals surface area contributed by atoms with Gasteiger partial charge in [-0.05, 0) is 19.4 Å². The summed E-state index contributed by atoms with van der Waals surface area (Å²) >= 11 is 1.88. The van der Waals surface area contributed by atoms with Crippen LogP contribution in [0.2, 0.25) is 0 Å². The Balaban J connectivity index is 2.83. The number of halogens is 1. The quantitative estimate of drug-likeness (QED) is 0.410. The summed E-state index contributed by atoms with van der Waals surface area (Å²) in [5, 5.41) is 3.35. The molecule has 0 radical (unpaired) electrons. The topological polar surface area (TPSA) is 39.7 Å². The predicted molar refractivity (Wildman–Crippen MR) is 74.0 cm³/mol. The van der Waals surface area contributed by atoms with E-state index < -0.39 is 0 Å². The Morgan fingerprint density at radius 1 is 0.875 bits per heavy atom. The van der Waals surface area contributed by atoms with Gasteiger partial charge >= 0.3 is 0 Å². The van der Waals surface area contributed by atoms with Gasteiger partial charge in [-0.1, -0.05) is 12.8 Å². The maximum absolute atomic E-state index is 5.32. The van der Waals surface area contributed by atoms with Crippen molar-refractivity contribution in [2.75, 3.05) is 46.6 Å². The summed E-state index contributed by atoms with van der Waals surface area (Å²) in [6.45, 7) is 5.02. The average molecular weight is 345 g/mol. The van der Waals surface area contributed by atoms with Crippen molar-refractivity contribution in [2.45, 2.75) is 25.7 Å². The molecule has 0 unspecified atom stereocenters. The first-order valence-electron chi connectivity index (χ1n) is 5.92. The monoisotopic (exact) mass is 345 g/mol. The van der Waals surface area contributed by atoms with E-state index in [0.717, 1.165) is 26.3 Å². The normalized spacial score (nSPS) is 10.9. The van der Waals surface area contributed by atoms with E-state index in [1.807, 2.05) is 23.0 Å². The van der Waals surface area contributed by atoms with Crippen molar-refractivity contribution in [3.05, 3.63) is 0 Å². The van der Waals surface area contributed by atoms with Crippen molar-refractivity contribution < 1.29 is 12.5 Å². The lowest BCUT2D eigenvalue weighted by Crippen LogP contribution is -2.21. The van der Waals surface area contributed by atoms with Crippen LogP contribution in [0.1, 0.15) is 25.7 Å². The molecule has 0 aromatic rings. The largest absolute Gasteiger partial charge is 0.385 e. The van der Waals surface area contributed by atoms with Gasteiger partial charge in [0.2, 0.25) is 0 Å². The standard InChI is InChI=1S/C11H24INO3/c1-14-8-5-3-2-4-6-13-7-9-15-10-11-16-12/h13H,2-11H2,1H3. The van der Waals surface area contributed by atoms with Gasteiger partial charge in [0.05, 0.1) is 19.8 Å². The molecule has 0 aliphatic carbocycles. The molecule has 0 aliphatic heterocycles. The van der Waals surface area contributed by atoms with Crippen LogP contribution in [-0.2, 0) is 12.5 Å². The van der Waals surface area contributed by atoms with Crippen LogP contribution in [0.4, 0.5) is 0 Å². The Morgan fingerprint density at radius 2 is 1.69 bits per heavy atom. The molecule has 16 heavy (non-hydrogen) atoms. The summed E-state index contributed by atoms with van der Waals surface area (Å²) in [4.78, 5) is 0. The molecule has 98 valence electrons. The Morgan fingerprint density at radius 3 is 2.44 bits per heavy atom. The first kappa shape index (κ1) is 16.6. The molecule has 0 aromatic heterocycles. The van der Waals surface area contributed by atoms with Crippen LogP contribution in [0.25, 0.3) is 0 Å². The van der Waals surface area contributed by atoms with Crippen molar-refractivity contribution in [2.24, 2.45) is 0 Å². The van der Waals surface area contributed by atoms with Crippen molar-refractivity contribution in [1.82, 2.24) is 5.32 Å². The summed E-state index contributed by atoms with van der Waals surface area (Å²) in [7, 11) is 1.75. The highest BCUT2D eigenvalue weighted by molar-refractivity contribution is 14.1. The van der Waals surface area contributed by atoms with Gasteiger partial charge in [-0.15, -0.1) is 0 Å². The summed E-state index contributed by atoms with van der Waals surface area (Å²) in [6.07, 6.45) is 4.95. The van der Waals surface area contributed by atoms with E-state index in [9.17, 15) is 0 Å². The van der Waals surface area contributed by atoms with Crippen LogP contribution in [0.5, 0.6) is 0 Å². The van der Waals surface area contributed by atoms with Crippen LogP contribution >= 0.6 is 23.0 Å². The minimum Gasteiger partial charge on any atom is -0.385 e. The van der Waals surface area contributed by atoms with Gasteiger partial charge in [0.25, 0.3) is 0 Å². The Kier molecular flexibility index (Phi) is 16.1. The van der Waals surface area contributed by atoms with Crippen molar-refractivity contribution in [3.63, 3.8) is 0 Å². The molecule has 0 heterocycles. The molecule has 0 fully saturated rings. The number of hydrogen-bond donors (Lipinski definition) is 1. The fraction of sp³-hybridized carbons (Fsp3) is 1.00. The van der Waals surface area contributed by atoms with Crippen LogP contribution < -0.4 is 5.32 Å². The summed E-state index contributed by atoms with van der Waals surface area (Å²) < 4.78 is 15.2. The maximum atomic E-state index is 5.32. The molecule has 0 bridgehead atoms. The lowest BCUT2D eigenvalue weighted by atomic mass is 10.2. The minimum atomic E-state index is 0.667. The number of unbranched alkanes of at least 4 members (excludes halogenated alkanes) is 3. The van der Waals surface area contributed by atoms with Crippen molar-refractivity contribution >= 4 is 23.0 Å². The Hall–Kier alpha value is 0.570. The second kappa shape index (κ2) is 15.6. The van der Waals surface area contributed by atoms with Gasteiger partial charge < -0.3 is 17.9 Å². The summed E-state index contributed by atoms with van der Waals surface area (Å²) in [6, 6.07) is 0. The Labute approximate surface area is 113 Å². The molecule has 0 aromatic carbocycles. The van der Waals surface area contributed by atoms with Crippen LogP contribution in [0.3, 0.4) is 0 Å². The number of methoxy groups -OCH3 is 1. The van der Waals surface area contributed by atoms with E-state index in [0.29, 0.717) is 13.2 Å². The fourth-order valence-electron chi connectivity index (χ4n) is 1.31. The number of ether oxygens (including phenoxy) is 2. The number of nitrogens with one attached hydrogen (secondary N) is 1. The molecule has 0 rings (SSSR count). The third kappa shape index (κ3) is 14.6. The summed E-state index contributed by atoms with van der Waals surface area (Å²) in [5.74, 6) is 0. The van der Waals surface area contributed by atoms with Gasteiger partial charge in [0.1, 0.15) is 23.0 Å². The van der Waals surface area contributed by atoms with Crippen LogP contribution in [0.15, 0.2) is 0 Å². The highest BCUT2D eigenvalue weighted by atomic mass is 127. The first-order chi connectivity index (χ1) is 7.91. The van der Waals surface area contributed by atoms with Crippen molar-refractivity contribution in [3.8, 4) is 0 Å². The van der Waals surface area contributed by atoms with E-state index >= 15 is 0 Å². The average Bonchev–Trinajstić information content (AvgIpc) is 2.31. The molecule has 0 saturated carbocycles. The third-order valence-electron chi connectivity index (χ3n) is 2.18. The van der Waals surface area contributed by atoms with Gasteiger partial charge in [0.15, 0.2) is 0 Å². The Bertz CT molecular complexity index is 114. The van der Waals surface area contributed by atoms with E-state index in [-0.39, 0.29) is 0 Å². The lowest BCUT2D eigenvalue weighted by molar-refractivity contribution is 0.114. The van der Waals surface area contributed by atoms with Gasteiger partial charge in [-0.3, -0.25) is 0 Å². The number of rotatable bonds is 13.